The van der Waals surface area contributed by atoms with Gasteiger partial charge in [0.1, 0.15) is 35.5 Å². The standard InChI is InChI=1S/C26H15Cl3O6/c1-13-8-24(30)35-22-10-15(3-4-16(13)22)34-23-12-33-21-9-14(2-5-17(21)26(23)31)32-11-18-19(27)6-7-20(28)25(18)29/h2-10,12H,11H2,1H3. The van der Waals surface area contributed by atoms with Gasteiger partial charge >= 0.3 is 5.63 Å². The molecular formula is C26H15Cl3O6. The second kappa shape index (κ2) is 9.30. The van der Waals surface area contributed by atoms with Crippen LogP contribution in [0.25, 0.3) is 21.9 Å². The van der Waals surface area contributed by atoms with Crippen molar-refractivity contribution in [2.24, 2.45) is 0 Å². The van der Waals surface area contributed by atoms with Gasteiger partial charge in [0.2, 0.25) is 11.2 Å². The molecular weight excluding hydrogens is 515 g/mol. The van der Waals surface area contributed by atoms with Crippen molar-refractivity contribution in [3.05, 3.63) is 108 Å². The zero-order chi connectivity index (χ0) is 24.7. The van der Waals surface area contributed by atoms with Crippen LogP contribution in [0.2, 0.25) is 15.1 Å². The monoisotopic (exact) mass is 528 g/mol. The lowest BCUT2D eigenvalue weighted by Gasteiger charge is -2.11. The maximum absolute atomic E-state index is 13.0. The van der Waals surface area contributed by atoms with E-state index in [9.17, 15) is 9.59 Å². The first-order chi connectivity index (χ1) is 16.8. The first-order valence-electron chi connectivity index (χ1n) is 10.3. The van der Waals surface area contributed by atoms with Gasteiger partial charge in [0.25, 0.3) is 0 Å². The van der Waals surface area contributed by atoms with Gasteiger partial charge in [-0.05, 0) is 48.9 Å². The second-order valence-electron chi connectivity index (χ2n) is 7.71. The Bertz CT molecular complexity index is 1720. The lowest BCUT2D eigenvalue weighted by Crippen LogP contribution is -2.05. The minimum Gasteiger partial charge on any atom is -0.489 e. The largest absolute Gasteiger partial charge is 0.489 e. The van der Waals surface area contributed by atoms with Crippen molar-refractivity contribution in [3.63, 3.8) is 0 Å². The summed E-state index contributed by atoms with van der Waals surface area (Å²) < 4.78 is 22.4. The Hall–Kier alpha value is -3.45. The number of hydrogen-bond acceptors (Lipinski definition) is 6. The highest BCUT2D eigenvalue weighted by molar-refractivity contribution is 6.44. The molecule has 3 aromatic carbocycles. The van der Waals surface area contributed by atoms with Gasteiger partial charge in [-0.3, -0.25) is 4.79 Å². The van der Waals surface area contributed by atoms with E-state index in [1.54, 1.807) is 48.5 Å². The van der Waals surface area contributed by atoms with Crippen LogP contribution in [0.4, 0.5) is 0 Å². The number of ether oxygens (including phenoxy) is 2. The van der Waals surface area contributed by atoms with E-state index in [0.717, 1.165) is 10.9 Å². The first-order valence-corrected chi connectivity index (χ1v) is 11.5. The molecule has 9 heteroatoms. The minimum absolute atomic E-state index is 0.0157. The van der Waals surface area contributed by atoms with E-state index >= 15 is 0 Å². The third-order valence-electron chi connectivity index (χ3n) is 5.39. The van der Waals surface area contributed by atoms with Gasteiger partial charge in [-0.15, -0.1) is 0 Å². The normalized spacial score (nSPS) is 11.2. The van der Waals surface area contributed by atoms with Crippen LogP contribution in [-0.4, -0.2) is 0 Å². The lowest BCUT2D eigenvalue weighted by molar-refractivity contribution is 0.306. The van der Waals surface area contributed by atoms with Gasteiger partial charge in [-0.1, -0.05) is 34.8 Å². The minimum atomic E-state index is -0.463. The molecule has 35 heavy (non-hydrogen) atoms. The molecule has 0 saturated carbocycles. The highest BCUT2D eigenvalue weighted by Gasteiger charge is 2.14. The van der Waals surface area contributed by atoms with Gasteiger partial charge in [-0.25, -0.2) is 4.79 Å². The summed E-state index contributed by atoms with van der Waals surface area (Å²) in [5.74, 6) is 0.757. The fourth-order valence-corrected chi connectivity index (χ4v) is 4.26. The van der Waals surface area contributed by atoms with Gasteiger partial charge in [0.15, 0.2) is 0 Å². The van der Waals surface area contributed by atoms with Crippen molar-refractivity contribution in [2.75, 3.05) is 0 Å². The Morgan fingerprint density at radius 3 is 2.37 bits per heavy atom. The predicted octanol–water partition coefficient (Wildman–Crippen LogP) is 7.54. The molecule has 0 fully saturated rings. The van der Waals surface area contributed by atoms with Crippen LogP contribution in [0.1, 0.15) is 11.1 Å². The predicted molar refractivity (Wildman–Crippen MR) is 136 cm³/mol. The molecule has 5 rings (SSSR count). The Kier molecular flexibility index (Phi) is 6.19. The van der Waals surface area contributed by atoms with E-state index < -0.39 is 5.63 Å². The molecule has 0 spiro atoms. The van der Waals surface area contributed by atoms with Crippen molar-refractivity contribution >= 4 is 56.7 Å². The molecule has 0 aliphatic rings. The van der Waals surface area contributed by atoms with E-state index in [-0.39, 0.29) is 17.8 Å². The second-order valence-corrected chi connectivity index (χ2v) is 8.90. The number of rotatable bonds is 5. The van der Waals surface area contributed by atoms with Gasteiger partial charge in [0, 0.05) is 34.2 Å². The maximum atomic E-state index is 13.0. The summed E-state index contributed by atoms with van der Waals surface area (Å²) in [6.45, 7) is 1.89. The zero-order valence-corrected chi connectivity index (χ0v) is 20.3. The Labute approximate surface area is 213 Å². The molecule has 0 N–H and O–H groups in total. The first kappa shape index (κ1) is 23.3. The topological polar surface area (TPSA) is 78.9 Å². The van der Waals surface area contributed by atoms with Crippen LogP contribution in [0, 0.1) is 6.92 Å². The molecule has 6 nitrogen and oxygen atoms in total. The molecule has 0 aliphatic heterocycles. The molecule has 0 amide bonds. The Balaban J connectivity index is 1.41. The number of halogens is 3. The molecule has 5 aromatic rings. The van der Waals surface area contributed by atoms with Crippen LogP contribution in [-0.2, 0) is 6.61 Å². The van der Waals surface area contributed by atoms with Crippen molar-refractivity contribution in [1.82, 2.24) is 0 Å². The summed E-state index contributed by atoms with van der Waals surface area (Å²) in [5, 5.41) is 2.19. The summed E-state index contributed by atoms with van der Waals surface area (Å²) >= 11 is 18.5. The number of fused-ring (bicyclic) bond motifs is 2. The zero-order valence-electron chi connectivity index (χ0n) is 18.1. The van der Waals surface area contributed by atoms with Crippen molar-refractivity contribution in [2.45, 2.75) is 13.5 Å². The van der Waals surface area contributed by atoms with Crippen LogP contribution in [0.3, 0.4) is 0 Å². The van der Waals surface area contributed by atoms with E-state index in [1.807, 2.05) is 6.92 Å². The summed E-state index contributed by atoms with van der Waals surface area (Å²) in [6.07, 6.45) is 1.22. The molecule has 0 unspecified atom stereocenters. The molecule has 0 saturated heterocycles. The molecule has 2 aromatic heterocycles. The lowest BCUT2D eigenvalue weighted by atomic mass is 10.1. The number of benzene rings is 3. The summed E-state index contributed by atoms with van der Waals surface area (Å²) in [4.78, 5) is 24.6. The molecule has 176 valence electrons. The summed E-state index contributed by atoms with van der Waals surface area (Å²) in [6, 6.07) is 14.4. The Morgan fingerprint density at radius 1 is 0.829 bits per heavy atom. The smallest absolute Gasteiger partial charge is 0.336 e. The fraction of sp³-hybridized carbons (Fsp3) is 0.0769. The van der Waals surface area contributed by atoms with Crippen LogP contribution < -0.4 is 20.5 Å². The van der Waals surface area contributed by atoms with Crippen molar-refractivity contribution in [3.8, 4) is 17.2 Å². The van der Waals surface area contributed by atoms with Crippen molar-refractivity contribution < 1.29 is 18.3 Å². The maximum Gasteiger partial charge on any atom is 0.336 e. The fourth-order valence-electron chi connectivity index (χ4n) is 3.60. The molecule has 2 heterocycles. The van der Waals surface area contributed by atoms with Gasteiger partial charge in [0.05, 0.1) is 15.4 Å². The number of aryl methyl sites for hydroxylation is 1. The van der Waals surface area contributed by atoms with Gasteiger partial charge in [-0.2, -0.15) is 0 Å². The van der Waals surface area contributed by atoms with Crippen LogP contribution in [0.5, 0.6) is 17.2 Å². The molecule has 0 bridgehead atoms. The SMILES string of the molecule is Cc1cc(=O)oc2cc(Oc3coc4cc(OCc5c(Cl)ccc(Cl)c5Cl)ccc4c3=O)ccc12. The molecule has 0 radical (unpaired) electrons. The molecule has 0 aliphatic carbocycles. The van der Waals surface area contributed by atoms with Gasteiger partial charge < -0.3 is 18.3 Å². The third-order valence-corrected chi connectivity index (χ3v) is 6.58. The van der Waals surface area contributed by atoms with E-state index in [2.05, 4.69) is 0 Å². The van der Waals surface area contributed by atoms with E-state index in [1.165, 1.54) is 12.3 Å². The van der Waals surface area contributed by atoms with Crippen LogP contribution >= 0.6 is 34.8 Å². The van der Waals surface area contributed by atoms with Crippen molar-refractivity contribution in [1.29, 1.82) is 0 Å². The highest BCUT2D eigenvalue weighted by atomic mass is 35.5. The molecule has 0 atom stereocenters. The number of hydrogen-bond donors (Lipinski definition) is 0. The third kappa shape index (κ3) is 4.60. The average molecular weight is 530 g/mol. The highest BCUT2D eigenvalue weighted by Crippen LogP contribution is 2.33. The average Bonchev–Trinajstić information content (AvgIpc) is 2.83. The van der Waals surface area contributed by atoms with E-state index in [0.29, 0.717) is 48.7 Å². The Morgan fingerprint density at radius 2 is 1.54 bits per heavy atom. The quantitative estimate of drug-likeness (QED) is 0.173. The summed E-state index contributed by atoms with van der Waals surface area (Å²) in [5.41, 5.74) is 1.17. The summed E-state index contributed by atoms with van der Waals surface area (Å²) in [7, 11) is 0. The van der Waals surface area contributed by atoms with E-state index in [4.69, 9.17) is 53.1 Å². The van der Waals surface area contributed by atoms with Crippen LogP contribution in [0.15, 0.2) is 79.3 Å².